The molecule has 1 saturated heterocycles. The summed E-state index contributed by atoms with van der Waals surface area (Å²) in [4.78, 5) is 11.6. The van der Waals surface area contributed by atoms with Gasteiger partial charge in [-0.3, -0.25) is 0 Å². The Morgan fingerprint density at radius 1 is 1.41 bits per heavy atom. The molecule has 0 aromatic rings. The topological polar surface area (TPSA) is 47.6 Å². The third-order valence-electron chi connectivity index (χ3n) is 2.78. The van der Waals surface area contributed by atoms with E-state index in [4.69, 9.17) is 9.47 Å². The maximum absolute atomic E-state index is 11.6. The zero-order valence-electron chi connectivity index (χ0n) is 11.6. The highest BCUT2D eigenvalue weighted by molar-refractivity contribution is 5.68. The minimum Gasteiger partial charge on any atom is -0.444 e. The fourth-order valence-corrected chi connectivity index (χ4v) is 1.90. The van der Waals surface area contributed by atoms with Crippen molar-refractivity contribution in [3.8, 4) is 0 Å². The first-order valence-corrected chi connectivity index (χ1v) is 6.39. The molecule has 1 aliphatic rings. The van der Waals surface area contributed by atoms with E-state index in [-0.39, 0.29) is 18.2 Å². The van der Waals surface area contributed by atoms with E-state index < -0.39 is 5.60 Å². The Kier molecular flexibility index (Phi) is 4.80. The van der Waals surface area contributed by atoms with Crippen molar-refractivity contribution >= 4 is 6.09 Å². The average Bonchev–Trinajstić information content (AvgIpc) is 2.14. The Morgan fingerprint density at radius 3 is 2.59 bits per heavy atom. The second kappa shape index (κ2) is 5.71. The van der Waals surface area contributed by atoms with E-state index in [0.717, 1.165) is 12.8 Å². The summed E-state index contributed by atoms with van der Waals surface area (Å²) in [5, 5.41) is 2.92. The number of carbonyl (C=O) groups is 1. The highest BCUT2D eigenvalue weighted by atomic mass is 16.6. The average molecular weight is 243 g/mol. The Bertz CT molecular complexity index is 258. The Balaban J connectivity index is 2.38. The molecule has 1 amide bonds. The Morgan fingerprint density at radius 2 is 2.06 bits per heavy atom. The van der Waals surface area contributed by atoms with Crippen LogP contribution >= 0.6 is 0 Å². The van der Waals surface area contributed by atoms with Crippen molar-refractivity contribution in [1.29, 1.82) is 0 Å². The van der Waals surface area contributed by atoms with Crippen LogP contribution in [0.2, 0.25) is 0 Å². The van der Waals surface area contributed by atoms with Crippen molar-refractivity contribution in [3.63, 3.8) is 0 Å². The fourth-order valence-electron chi connectivity index (χ4n) is 1.90. The first-order chi connectivity index (χ1) is 7.78. The molecule has 0 saturated carbocycles. The zero-order chi connectivity index (χ0) is 13.1. The van der Waals surface area contributed by atoms with E-state index in [2.05, 4.69) is 19.2 Å². The highest BCUT2D eigenvalue weighted by Crippen LogP contribution is 2.20. The van der Waals surface area contributed by atoms with Gasteiger partial charge in [0.1, 0.15) is 5.60 Å². The van der Waals surface area contributed by atoms with Gasteiger partial charge in [0.2, 0.25) is 0 Å². The first kappa shape index (κ1) is 14.3. The molecule has 4 heteroatoms. The van der Waals surface area contributed by atoms with Crippen LogP contribution in [-0.4, -0.2) is 30.4 Å². The van der Waals surface area contributed by atoms with Gasteiger partial charge in [-0.25, -0.2) is 4.79 Å². The van der Waals surface area contributed by atoms with Crippen LogP contribution in [0.3, 0.4) is 0 Å². The van der Waals surface area contributed by atoms with Crippen LogP contribution in [0.25, 0.3) is 0 Å². The van der Waals surface area contributed by atoms with Gasteiger partial charge in [-0.05, 0) is 39.5 Å². The Hall–Kier alpha value is -0.770. The number of hydrogen-bond acceptors (Lipinski definition) is 3. The maximum atomic E-state index is 11.6. The molecule has 17 heavy (non-hydrogen) atoms. The molecule has 2 atom stereocenters. The maximum Gasteiger partial charge on any atom is 0.407 e. The Labute approximate surface area is 104 Å². The molecule has 0 bridgehead atoms. The van der Waals surface area contributed by atoms with Gasteiger partial charge in [0.25, 0.3) is 0 Å². The van der Waals surface area contributed by atoms with E-state index >= 15 is 0 Å². The van der Waals surface area contributed by atoms with Crippen molar-refractivity contribution < 1.29 is 14.3 Å². The molecule has 4 nitrogen and oxygen atoms in total. The van der Waals surface area contributed by atoms with E-state index in [1.807, 2.05) is 20.8 Å². The third-order valence-corrected chi connectivity index (χ3v) is 2.78. The summed E-state index contributed by atoms with van der Waals surface area (Å²) in [6.45, 7) is 10.6. The van der Waals surface area contributed by atoms with Crippen LogP contribution in [0.5, 0.6) is 0 Å². The van der Waals surface area contributed by atoms with Crippen molar-refractivity contribution in [1.82, 2.24) is 5.32 Å². The smallest absolute Gasteiger partial charge is 0.407 e. The normalized spacial score (nSPS) is 25.8. The largest absolute Gasteiger partial charge is 0.444 e. The lowest BCUT2D eigenvalue weighted by atomic mass is 9.95. The standard InChI is InChI=1S/C13H25NO3/c1-9(2)11-8-10(6-7-16-11)14-12(15)17-13(3,4)5/h9-11H,6-8H2,1-5H3,(H,14,15)/t10-,11-/m0/s1. The van der Waals surface area contributed by atoms with Gasteiger partial charge in [-0.15, -0.1) is 0 Å². The fraction of sp³-hybridized carbons (Fsp3) is 0.923. The summed E-state index contributed by atoms with van der Waals surface area (Å²) in [5.41, 5.74) is -0.438. The summed E-state index contributed by atoms with van der Waals surface area (Å²) in [6.07, 6.45) is 1.65. The molecule has 100 valence electrons. The summed E-state index contributed by atoms with van der Waals surface area (Å²) < 4.78 is 10.9. The minimum absolute atomic E-state index is 0.172. The van der Waals surface area contributed by atoms with E-state index in [0.29, 0.717) is 12.5 Å². The summed E-state index contributed by atoms with van der Waals surface area (Å²) in [5.74, 6) is 0.484. The van der Waals surface area contributed by atoms with Gasteiger partial charge in [0.15, 0.2) is 0 Å². The molecule has 1 aliphatic heterocycles. The number of alkyl carbamates (subject to hydrolysis) is 1. The lowest BCUT2D eigenvalue weighted by Gasteiger charge is -2.32. The van der Waals surface area contributed by atoms with Crippen LogP contribution in [-0.2, 0) is 9.47 Å². The van der Waals surface area contributed by atoms with Crippen molar-refractivity contribution in [2.75, 3.05) is 6.61 Å². The zero-order valence-corrected chi connectivity index (χ0v) is 11.6. The summed E-state index contributed by atoms with van der Waals surface area (Å²) in [7, 11) is 0. The summed E-state index contributed by atoms with van der Waals surface area (Å²) in [6, 6.07) is 0.172. The molecule has 0 spiro atoms. The number of rotatable bonds is 2. The SMILES string of the molecule is CC(C)[C@@H]1C[C@@H](NC(=O)OC(C)(C)C)CCO1. The molecular formula is C13H25NO3. The van der Waals surface area contributed by atoms with Gasteiger partial charge in [0, 0.05) is 12.6 Å². The predicted octanol–water partition coefficient (Wildman–Crippen LogP) is 2.71. The molecule has 0 aromatic heterocycles. The van der Waals surface area contributed by atoms with Crippen molar-refractivity contribution in [2.24, 2.45) is 5.92 Å². The van der Waals surface area contributed by atoms with Gasteiger partial charge in [-0.1, -0.05) is 13.8 Å². The second-order valence-electron chi connectivity index (χ2n) is 6.02. The van der Waals surface area contributed by atoms with Crippen molar-refractivity contribution in [3.05, 3.63) is 0 Å². The lowest BCUT2D eigenvalue weighted by molar-refractivity contribution is -0.0263. The number of hydrogen-bond donors (Lipinski definition) is 1. The quantitative estimate of drug-likeness (QED) is 0.811. The number of carbonyl (C=O) groups excluding carboxylic acids is 1. The predicted molar refractivity (Wildman–Crippen MR) is 67.0 cm³/mol. The van der Waals surface area contributed by atoms with Gasteiger partial charge >= 0.3 is 6.09 Å². The number of ether oxygens (including phenoxy) is 2. The molecular weight excluding hydrogens is 218 g/mol. The van der Waals surface area contributed by atoms with Crippen LogP contribution < -0.4 is 5.32 Å². The summed E-state index contributed by atoms with van der Waals surface area (Å²) >= 11 is 0. The molecule has 1 N–H and O–H groups in total. The van der Waals surface area contributed by atoms with Crippen LogP contribution in [0.15, 0.2) is 0 Å². The van der Waals surface area contributed by atoms with E-state index in [1.54, 1.807) is 0 Å². The van der Waals surface area contributed by atoms with Gasteiger partial charge < -0.3 is 14.8 Å². The highest BCUT2D eigenvalue weighted by Gasteiger charge is 2.27. The molecule has 0 aliphatic carbocycles. The molecule has 1 rings (SSSR count). The molecule has 0 aromatic carbocycles. The van der Waals surface area contributed by atoms with Crippen LogP contribution in [0.4, 0.5) is 4.79 Å². The van der Waals surface area contributed by atoms with Crippen LogP contribution in [0, 0.1) is 5.92 Å². The third kappa shape index (κ3) is 5.39. The molecule has 0 radical (unpaired) electrons. The number of amides is 1. The lowest BCUT2D eigenvalue weighted by Crippen LogP contribution is -2.45. The van der Waals surface area contributed by atoms with E-state index in [1.165, 1.54) is 0 Å². The van der Waals surface area contributed by atoms with Gasteiger partial charge in [-0.2, -0.15) is 0 Å². The van der Waals surface area contributed by atoms with Crippen molar-refractivity contribution in [2.45, 2.75) is 65.2 Å². The molecule has 0 unspecified atom stereocenters. The second-order valence-corrected chi connectivity index (χ2v) is 6.02. The minimum atomic E-state index is -0.438. The number of nitrogens with one attached hydrogen (secondary N) is 1. The monoisotopic (exact) mass is 243 g/mol. The van der Waals surface area contributed by atoms with E-state index in [9.17, 15) is 4.79 Å². The first-order valence-electron chi connectivity index (χ1n) is 6.39. The van der Waals surface area contributed by atoms with Gasteiger partial charge in [0.05, 0.1) is 6.10 Å². The molecule has 1 heterocycles. The van der Waals surface area contributed by atoms with Crippen LogP contribution in [0.1, 0.15) is 47.5 Å². The molecule has 1 fully saturated rings.